The van der Waals surface area contributed by atoms with Gasteiger partial charge >= 0.3 is 34.7 Å². The Morgan fingerprint density at radius 2 is 0.750 bits per heavy atom. The summed E-state index contributed by atoms with van der Waals surface area (Å²) < 4.78 is 3.19. The Bertz CT molecular complexity index is 12.0. The van der Waals surface area contributed by atoms with E-state index in [0.717, 1.165) is 0 Å². The summed E-state index contributed by atoms with van der Waals surface area (Å²) in [6.45, 7) is 0. The van der Waals surface area contributed by atoms with Gasteiger partial charge in [-0.3, -0.25) is 0 Å². The second kappa shape index (κ2) is 77.0. The van der Waals surface area contributed by atoms with E-state index in [-0.39, 0.29) is 51.2 Å². The molecule has 0 aromatic heterocycles. The molecule has 0 saturated carbocycles. The van der Waals surface area contributed by atoms with Crippen LogP contribution in [-0.4, -0.2) is 34.7 Å². The molecular weight excluding hydrogens is 189 g/mol. The monoisotopic (exact) mass is 188 g/mol. The van der Waals surface area contributed by atoms with Gasteiger partial charge in [-0.05, 0) is 0 Å². The maximum Gasteiger partial charge on any atom is 3.00 e. The summed E-state index contributed by atoms with van der Waals surface area (Å²) in [6.07, 6.45) is 0. The van der Waals surface area contributed by atoms with Crippen LogP contribution in [0.1, 0.15) is 0 Å². The van der Waals surface area contributed by atoms with E-state index in [1.165, 1.54) is 0 Å². The second-order valence-electron chi connectivity index (χ2n) is 0.0583. The van der Waals surface area contributed by atoms with Gasteiger partial charge in [-0.2, -0.15) is 3.84 Å². The molecule has 0 aromatic rings. The van der Waals surface area contributed by atoms with Crippen molar-refractivity contribution < 1.29 is 20.3 Å². The van der Waals surface area contributed by atoms with Crippen LogP contribution in [0.3, 0.4) is 0 Å². The number of halogens is 2. The maximum absolute atomic E-state index is 4.26. The molecule has 8 heavy (non-hydrogen) atoms. The minimum absolute atomic E-state index is 0. The van der Waals surface area contributed by atoms with Crippen molar-refractivity contribution in [2.75, 3.05) is 0 Å². The van der Waals surface area contributed by atoms with Crippen LogP contribution in [0.5, 0.6) is 0 Å². The van der Waals surface area contributed by atoms with Crippen molar-refractivity contribution in [2.45, 2.75) is 0 Å². The first-order valence-electron chi connectivity index (χ1n) is 0.309. The van der Waals surface area contributed by atoms with Crippen LogP contribution in [0.15, 0.2) is 0 Å². The smallest absolute Gasteiger partial charge is 2.00 e. The summed E-state index contributed by atoms with van der Waals surface area (Å²) in [4.78, 5) is 0. The molecule has 0 aliphatic heterocycles. The Kier molecular flexibility index (Phi) is 541. The van der Waals surface area contributed by atoms with Crippen molar-refractivity contribution in [2.24, 2.45) is 0 Å². The fraction of sp³-hybridized carbons (Fsp3) is 0. The average Bonchev–Trinajstić information content (AvgIpc) is 0.918. The van der Waals surface area contributed by atoms with Crippen LogP contribution < -0.4 is 0 Å². The van der Waals surface area contributed by atoms with Crippen LogP contribution in [0, 0.1) is 0 Å². The molecule has 0 atom stereocenters. The summed E-state index contributed by atoms with van der Waals surface area (Å²) >= 11 is 8.53. The molecule has 0 aliphatic rings. The molecule has 0 unspecified atom stereocenters. The van der Waals surface area contributed by atoms with Crippen molar-refractivity contribution >= 4 is 58.5 Å². The van der Waals surface area contributed by atoms with E-state index in [1.54, 1.807) is 0 Å². The quantitative estimate of drug-likeness (QED) is 0.499. The first kappa shape index (κ1) is 56.2. The van der Waals surface area contributed by atoms with E-state index in [1.807, 2.05) is 0 Å². The van der Waals surface area contributed by atoms with Crippen molar-refractivity contribution in [3.63, 3.8) is 0 Å². The van der Waals surface area contributed by atoms with Gasteiger partial charge in [0, 0.05) is 0 Å². The van der Waals surface area contributed by atoms with Crippen LogP contribution in [0.25, 0.3) is 0 Å². The van der Waals surface area contributed by atoms with Gasteiger partial charge in [0.15, 0.2) is 0 Å². The van der Waals surface area contributed by atoms with Crippen molar-refractivity contribution in [1.29, 1.82) is 0 Å². The SMILES string of the molecule is ClOCl.[Al+3].[Al+3].[O-2].[O-2].[O-2]. The summed E-state index contributed by atoms with van der Waals surface area (Å²) in [7, 11) is 0. The van der Waals surface area contributed by atoms with Gasteiger partial charge in [0.25, 0.3) is 0 Å². The predicted octanol–water partition coefficient (Wildman–Crippen LogP) is 0.193. The van der Waals surface area contributed by atoms with Gasteiger partial charge in [0.1, 0.15) is 0 Å². The molecule has 0 fully saturated rings. The first-order valence-corrected chi connectivity index (χ1v) is 0.926. The zero-order chi connectivity index (χ0) is 2.71. The topological polar surface area (TPSA) is 94.7 Å². The zero-order valence-electron chi connectivity index (χ0n) is 3.54. The molecule has 0 N–H and O–H groups in total. The normalized spacial score (nSPS) is 2.25. The summed E-state index contributed by atoms with van der Waals surface area (Å²) in [5, 5.41) is 0. The Labute approximate surface area is 78.6 Å². The molecule has 0 saturated heterocycles. The molecular formula is Al2Cl2O4. The molecule has 0 bridgehead atoms. The fourth-order valence-corrected chi connectivity index (χ4v) is 0. The summed E-state index contributed by atoms with van der Waals surface area (Å²) in [5.74, 6) is 0. The minimum Gasteiger partial charge on any atom is -2.00 e. The number of hydrogen-bond acceptors (Lipinski definition) is 1. The largest absolute Gasteiger partial charge is 3.00 e. The molecule has 0 spiro atoms. The first-order chi connectivity index (χ1) is 1.41. The zero-order valence-corrected chi connectivity index (χ0v) is 7.36. The molecule has 4 nitrogen and oxygen atoms in total. The van der Waals surface area contributed by atoms with Crippen LogP contribution in [-0.2, 0) is 20.3 Å². The minimum atomic E-state index is 0. The molecule has 0 heterocycles. The third-order valence-corrected chi connectivity index (χ3v) is 0. The molecule has 44 valence electrons. The average molecular weight is 189 g/mol. The Morgan fingerprint density at radius 1 is 0.750 bits per heavy atom. The van der Waals surface area contributed by atoms with Crippen molar-refractivity contribution in [1.82, 2.24) is 0 Å². The van der Waals surface area contributed by atoms with E-state index in [0.29, 0.717) is 0 Å². The van der Waals surface area contributed by atoms with Gasteiger partial charge in [-0.1, -0.05) is 0 Å². The van der Waals surface area contributed by atoms with E-state index in [4.69, 9.17) is 0 Å². The van der Waals surface area contributed by atoms with Gasteiger partial charge < -0.3 is 16.4 Å². The van der Waals surface area contributed by atoms with Crippen LogP contribution in [0.4, 0.5) is 0 Å². The van der Waals surface area contributed by atoms with Crippen LogP contribution in [0.2, 0.25) is 0 Å². The number of hydrogen-bond donors (Lipinski definition) is 0. The molecule has 0 aromatic carbocycles. The van der Waals surface area contributed by atoms with Crippen molar-refractivity contribution in [3.05, 3.63) is 0 Å². The van der Waals surface area contributed by atoms with Crippen molar-refractivity contribution in [3.8, 4) is 0 Å². The molecule has 0 amide bonds. The van der Waals surface area contributed by atoms with E-state index >= 15 is 0 Å². The van der Waals surface area contributed by atoms with E-state index in [9.17, 15) is 0 Å². The second-order valence-corrected chi connectivity index (χ2v) is 0.525. The van der Waals surface area contributed by atoms with Gasteiger partial charge in [-0.25, -0.2) is 0 Å². The maximum atomic E-state index is 4.26. The third-order valence-electron chi connectivity index (χ3n) is 0. The Morgan fingerprint density at radius 3 is 0.750 bits per heavy atom. The van der Waals surface area contributed by atoms with E-state index < -0.39 is 0 Å². The third kappa shape index (κ3) is 143. The van der Waals surface area contributed by atoms with Gasteiger partial charge in [-0.15, -0.1) is 0 Å². The summed E-state index contributed by atoms with van der Waals surface area (Å²) in [5.41, 5.74) is 0. The van der Waals surface area contributed by atoms with Crippen LogP contribution >= 0.6 is 23.7 Å². The Hall–Kier alpha value is 1.48. The van der Waals surface area contributed by atoms with Gasteiger partial charge in [0.05, 0.1) is 23.7 Å². The predicted molar refractivity (Wildman–Crippen MR) is 26.4 cm³/mol. The Balaban J connectivity index is -0.00000000200. The summed E-state index contributed by atoms with van der Waals surface area (Å²) in [6, 6.07) is 0. The fourth-order valence-electron chi connectivity index (χ4n) is 0. The standard InChI is InChI=1S/2Al.Cl2O.3O/c;;1-3-2;;;/q2*+3;;3*-2. The van der Waals surface area contributed by atoms with Gasteiger partial charge in [0.2, 0.25) is 0 Å². The number of rotatable bonds is 0. The molecule has 0 aliphatic carbocycles. The van der Waals surface area contributed by atoms with E-state index in [2.05, 4.69) is 27.6 Å². The molecule has 0 radical (unpaired) electrons. The molecule has 8 heteroatoms. The molecule has 0 rings (SSSR count).